The maximum Gasteiger partial charge on any atom is 0.259 e. The van der Waals surface area contributed by atoms with Gasteiger partial charge >= 0.3 is 0 Å². The van der Waals surface area contributed by atoms with Crippen LogP contribution in [-0.2, 0) is 9.59 Å². The van der Waals surface area contributed by atoms with E-state index in [2.05, 4.69) is 10.6 Å². The lowest BCUT2D eigenvalue weighted by atomic mass is 10.1. The Bertz CT molecular complexity index is 939. The third-order valence-electron chi connectivity index (χ3n) is 4.13. The lowest BCUT2D eigenvalue weighted by Gasteiger charge is -2.10. The monoisotopic (exact) mass is 437 g/mol. The molecule has 0 bridgehead atoms. The molecule has 0 unspecified atom stereocenters. The van der Waals surface area contributed by atoms with Gasteiger partial charge in [0.05, 0.1) is 10.6 Å². The number of carbonyl (C=O) groups is 3. The topological polar surface area (TPSA) is 128 Å². The number of rotatable bonds is 9. The average molecular weight is 438 g/mol. The number of nitrogens with one attached hydrogen (secondary N) is 3. The lowest BCUT2D eigenvalue weighted by molar-refractivity contribution is -0.129. The van der Waals surface area contributed by atoms with Gasteiger partial charge in [-0.3, -0.25) is 19.6 Å². The summed E-state index contributed by atoms with van der Waals surface area (Å²) in [5.74, 6) is -2.34. The van der Waals surface area contributed by atoms with Crippen LogP contribution in [0.1, 0.15) is 42.5 Å². The Morgan fingerprint density at radius 2 is 1.53 bits per heavy atom. The van der Waals surface area contributed by atoms with Crippen molar-refractivity contribution in [2.75, 3.05) is 10.6 Å². The van der Waals surface area contributed by atoms with E-state index in [1.54, 1.807) is 5.48 Å². The number of hydroxylamine groups is 1. The van der Waals surface area contributed by atoms with E-state index >= 15 is 0 Å². The molecular formula is C20H21ClFN3O5. The van der Waals surface area contributed by atoms with Crippen molar-refractivity contribution in [3.05, 3.63) is 52.8 Å². The van der Waals surface area contributed by atoms with Crippen molar-refractivity contribution in [3.8, 4) is 5.75 Å². The molecule has 0 aromatic heterocycles. The van der Waals surface area contributed by atoms with Crippen molar-refractivity contribution in [3.63, 3.8) is 0 Å². The second-order valence-corrected chi connectivity index (χ2v) is 6.87. The molecule has 2 aromatic rings. The zero-order valence-corrected chi connectivity index (χ0v) is 16.6. The zero-order valence-electron chi connectivity index (χ0n) is 15.9. The minimum absolute atomic E-state index is 0.0803. The molecule has 8 nitrogen and oxygen atoms in total. The highest BCUT2D eigenvalue weighted by molar-refractivity contribution is 6.31. The molecule has 30 heavy (non-hydrogen) atoms. The highest BCUT2D eigenvalue weighted by atomic mass is 35.5. The third-order valence-corrected chi connectivity index (χ3v) is 4.42. The van der Waals surface area contributed by atoms with Gasteiger partial charge in [0, 0.05) is 24.2 Å². The van der Waals surface area contributed by atoms with Gasteiger partial charge in [-0.15, -0.1) is 0 Å². The van der Waals surface area contributed by atoms with E-state index in [1.807, 2.05) is 0 Å². The molecule has 0 heterocycles. The number of halogens is 2. The molecule has 5 N–H and O–H groups in total. The molecule has 2 rings (SSSR count). The summed E-state index contributed by atoms with van der Waals surface area (Å²) < 4.78 is 13.2. The number of phenolic OH excluding ortho intramolecular Hbond substituents is 1. The summed E-state index contributed by atoms with van der Waals surface area (Å²) in [6, 6.07) is 7.71. The van der Waals surface area contributed by atoms with Gasteiger partial charge in [0.2, 0.25) is 11.8 Å². The molecule has 2 aromatic carbocycles. The number of anilines is 2. The van der Waals surface area contributed by atoms with Crippen LogP contribution < -0.4 is 16.1 Å². The SMILES string of the molecule is O=C(CCCCCC(=O)Nc1ccc(O)c(C(=O)Nc2ccc(F)c(Cl)c2)c1)NO. The van der Waals surface area contributed by atoms with Crippen LogP contribution in [0, 0.1) is 5.82 Å². The first-order valence-corrected chi connectivity index (χ1v) is 9.50. The van der Waals surface area contributed by atoms with Crippen LogP contribution in [-0.4, -0.2) is 28.0 Å². The minimum atomic E-state index is -0.659. The molecule has 0 spiro atoms. The van der Waals surface area contributed by atoms with Gasteiger partial charge in [0.1, 0.15) is 11.6 Å². The molecule has 0 fully saturated rings. The van der Waals surface area contributed by atoms with Crippen LogP contribution in [0.5, 0.6) is 5.75 Å². The van der Waals surface area contributed by atoms with Gasteiger partial charge in [-0.05, 0) is 49.2 Å². The quantitative estimate of drug-likeness (QED) is 0.176. The van der Waals surface area contributed by atoms with E-state index in [0.29, 0.717) is 24.9 Å². The highest BCUT2D eigenvalue weighted by Crippen LogP contribution is 2.24. The molecule has 0 radical (unpaired) electrons. The average Bonchev–Trinajstić information content (AvgIpc) is 2.71. The summed E-state index contributed by atoms with van der Waals surface area (Å²) in [5, 5.41) is 23.3. The summed E-state index contributed by atoms with van der Waals surface area (Å²) in [5.41, 5.74) is 2.03. The third kappa shape index (κ3) is 7.02. The molecule has 0 saturated heterocycles. The van der Waals surface area contributed by atoms with Gasteiger partial charge in [-0.1, -0.05) is 18.0 Å². The minimum Gasteiger partial charge on any atom is -0.507 e. The number of hydrogen-bond donors (Lipinski definition) is 5. The smallest absolute Gasteiger partial charge is 0.259 e. The fourth-order valence-corrected chi connectivity index (χ4v) is 2.78. The summed E-state index contributed by atoms with van der Waals surface area (Å²) in [6.07, 6.45) is 2.09. The first-order valence-electron chi connectivity index (χ1n) is 9.12. The molecule has 3 amide bonds. The normalized spacial score (nSPS) is 10.4. The van der Waals surface area contributed by atoms with Crippen molar-refractivity contribution in [1.82, 2.24) is 5.48 Å². The fraction of sp³-hybridized carbons (Fsp3) is 0.250. The van der Waals surface area contributed by atoms with Crippen molar-refractivity contribution < 1.29 is 29.1 Å². The number of amides is 3. The van der Waals surface area contributed by atoms with Crippen molar-refractivity contribution in [1.29, 1.82) is 0 Å². The molecule has 0 saturated carbocycles. The predicted octanol–water partition coefficient (Wildman–Crippen LogP) is 3.83. The number of unbranched alkanes of at least 4 members (excludes halogenated alkanes) is 2. The second kappa shape index (κ2) is 11.1. The lowest BCUT2D eigenvalue weighted by Crippen LogP contribution is -2.17. The molecule has 0 aliphatic heterocycles. The molecule has 0 aliphatic carbocycles. The van der Waals surface area contributed by atoms with E-state index in [-0.39, 0.29) is 40.8 Å². The maximum absolute atomic E-state index is 13.2. The summed E-state index contributed by atoms with van der Waals surface area (Å²) in [7, 11) is 0. The van der Waals surface area contributed by atoms with Gasteiger partial charge in [0.15, 0.2) is 0 Å². The van der Waals surface area contributed by atoms with Gasteiger partial charge in [-0.25, -0.2) is 9.87 Å². The zero-order chi connectivity index (χ0) is 22.1. The Hall–Kier alpha value is -3.17. The first kappa shape index (κ1) is 23.1. The maximum atomic E-state index is 13.2. The number of hydrogen-bond acceptors (Lipinski definition) is 5. The Morgan fingerprint density at radius 3 is 2.20 bits per heavy atom. The molecule has 10 heteroatoms. The molecule has 0 aliphatic rings. The van der Waals surface area contributed by atoms with Gasteiger partial charge in [-0.2, -0.15) is 0 Å². The Kier molecular flexibility index (Phi) is 8.57. The first-order chi connectivity index (χ1) is 14.3. The molecule has 0 atom stereocenters. The van der Waals surface area contributed by atoms with Crippen LogP contribution in [0.25, 0.3) is 0 Å². The Labute approximate surface area is 177 Å². The van der Waals surface area contributed by atoms with Crippen LogP contribution in [0.15, 0.2) is 36.4 Å². The van der Waals surface area contributed by atoms with Crippen LogP contribution >= 0.6 is 11.6 Å². The van der Waals surface area contributed by atoms with E-state index < -0.39 is 17.6 Å². The fourth-order valence-electron chi connectivity index (χ4n) is 2.60. The van der Waals surface area contributed by atoms with Crippen LogP contribution in [0.2, 0.25) is 5.02 Å². The Balaban J connectivity index is 1.92. The standard InChI is InChI=1S/C20H21ClFN3O5/c21-15-11-13(6-8-16(15)22)24-20(29)14-10-12(7-9-17(14)26)23-18(27)4-2-1-3-5-19(28)25-30/h6-11,26,30H,1-5H2,(H,23,27)(H,24,29)(H,25,28). The van der Waals surface area contributed by atoms with Gasteiger partial charge in [0.25, 0.3) is 5.91 Å². The van der Waals surface area contributed by atoms with Crippen molar-refractivity contribution in [2.24, 2.45) is 0 Å². The van der Waals surface area contributed by atoms with Crippen LogP contribution in [0.3, 0.4) is 0 Å². The van der Waals surface area contributed by atoms with Gasteiger partial charge < -0.3 is 15.7 Å². The van der Waals surface area contributed by atoms with Crippen molar-refractivity contribution in [2.45, 2.75) is 32.1 Å². The highest BCUT2D eigenvalue weighted by Gasteiger charge is 2.14. The summed E-state index contributed by atoms with van der Waals surface area (Å²) >= 11 is 5.69. The summed E-state index contributed by atoms with van der Waals surface area (Å²) in [6.45, 7) is 0. The van der Waals surface area contributed by atoms with E-state index in [0.717, 1.165) is 6.07 Å². The Morgan fingerprint density at radius 1 is 0.900 bits per heavy atom. The van der Waals surface area contributed by atoms with E-state index in [1.165, 1.54) is 30.3 Å². The number of benzene rings is 2. The molecular weight excluding hydrogens is 417 g/mol. The number of phenols is 1. The second-order valence-electron chi connectivity index (χ2n) is 6.46. The van der Waals surface area contributed by atoms with E-state index in [9.17, 15) is 23.9 Å². The van der Waals surface area contributed by atoms with Crippen LogP contribution in [0.4, 0.5) is 15.8 Å². The number of carbonyl (C=O) groups excluding carboxylic acids is 3. The number of aromatic hydroxyl groups is 1. The van der Waals surface area contributed by atoms with Crippen molar-refractivity contribution >= 4 is 40.7 Å². The van der Waals surface area contributed by atoms with E-state index in [4.69, 9.17) is 16.8 Å². The summed E-state index contributed by atoms with van der Waals surface area (Å²) in [4.78, 5) is 35.4. The predicted molar refractivity (Wildman–Crippen MR) is 109 cm³/mol. The molecule has 160 valence electrons. The largest absolute Gasteiger partial charge is 0.507 e.